The maximum atomic E-state index is 12.5. The average Bonchev–Trinajstić information content (AvgIpc) is 2.74. The number of carbonyl (C=O) groups excluding carboxylic acids is 2. The molecule has 0 bridgehead atoms. The molecule has 30 heavy (non-hydrogen) atoms. The number of carbonyl (C=O) groups is 2. The summed E-state index contributed by atoms with van der Waals surface area (Å²) in [5.41, 5.74) is 2.39. The molecule has 0 radical (unpaired) electrons. The molecule has 0 saturated carbocycles. The molecule has 1 fully saturated rings. The Morgan fingerprint density at radius 2 is 1.73 bits per heavy atom. The first kappa shape index (κ1) is 21.9. The molecule has 1 saturated heterocycles. The second-order valence-corrected chi connectivity index (χ2v) is 7.77. The number of amides is 2. The van der Waals surface area contributed by atoms with E-state index >= 15 is 0 Å². The molecule has 1 aliphatic rings. The molecule has 3 rings (SSSR count). The van der Waals surface area contributed by atoms with E-state index in [-0.39, 0.29) is 31.0 Å². The second-order valence-electron chi connectivity index (χ2n) is 7.37. The highest BCUT2D eigenvalue weighted by molar-refractivity contribution is 6.33. The van der Waals surface area contributed by atoms with Crippen molar-refractivity contribution in [3.05, 3.63) is 53.6 Å². The Morgan fingerprint density at radius 3 is 2.43 bits per heavy atom. The van der Waals surface area contributed by atoms with E-state index in [4.69, 9.17) is 11.6 Å². The normalized spacial score (nSPS) is 14.3. The van der Waals surface area contributed by atoms with Crippen LogP contribution in [0.2, 0.25) is 5.02 Å². The predicted octanol–water partition coefficient (Wildman–Crippen LogP) is 2.81. The van der Waals surface area contributed by atoms with E-state index in [2.05, 4.69) is 15.5 Å². The molecule has 0 spiro atoms. The van der Waals surface area contributed by atoms with E-state index < -0.39 is 0 Å². The topological polar surface area (TPSA) is 84.9 Å². The van der Waals surface area contributed by atoms with Gasteiger partial charge in [0.05, 0.1) is 41.3 Å². The van der Waals surface area contributed by atoms with Crippen molar-refractivity contribution in [2.45, 2.75) is 18.9 Å². The smallest absolute Gasteiger partial charge is 0.244 e. The number of benzene rings is 2. The van der Waals surface area contributed by atoms with Gasteiger partial charge in [-0.25, -0.2) is 0 Å². The minimum absolute atomic E-state index is 0.0720. The van der Waals surface area contributed by atoms with Gasteiger partial charge in [-0.1, -0.05) is 35.9 Å². The van der Waals surface area contributed by atoms with Crippen LogP contribution < -0.4 is 15.5 Å². The van der Waals surface area contributed by atoms with Crippen molar-refractivity contribution in [3.63, 3.8) is 0 Å². The Balaban J connectivity index is 1.53. The van der Waals surface area contributed by atoms with Crippen LogP contribution in [-0.4, -0.2) is 61.2 Å². The number of piperidine rings is 1. The Bertz CT molecular complexity index is 884. The van der Waals surface area contributed by atoms with Gasteiger partial charge in [0.1, 0.15) is 0 Å². The monoisotopic (exact) mass is 430 g/mol. The lowest BCUT2D eigenvalue weighted by Gasteiger charge is -2.33. The molecule has 0 unspecified atom stereocenters. The fourth-order valence-corrected chi connectivity index (χ4v) is 3.55. The van der Waals surface area contributed by atoms with Crippen molar-refractivity contribution < 1.29 is 14.7 Å². The number of halogens is 1. The summed E-state index contributed by atoms with van der Waals surface area (Å²) in [6.45, 7) is 1.55. The average molecular weight is 431 g/mol. The van der Waals surface area contributed by atoms with Crippen LogP contribution in [0.5, 0.6) is 0 Å². The van der Waals surface area contributed by atoms with Crippen LogP contribution in [0.3, 0.4) is 0 Å². The van der Waals surface area contributed by atoms with Gasteiger partial charge in [0.15, 0.2) is 0 Å². The van der Waals surface area contributed by atoms with Gasteiger partial charge in [-0.15, -0.1) is 0 Å². The first-order chi connectivity index (χ1) is 14.4. The van der Waals surface area contributed by atoms with Gasteiger partial charge >= 0.3 is 0 Å². The van der Waals surface area contributed by atoms with Gasteiger partial charge in [-0.05, 0) is 37.1 Å². The van der Waals surface area contributed by atoms with Crippen molar-refractivity contribution in [2.75, 3.05) is 48.8 Å². The van der Waals surface area contributed by atoms with Crippen molar-refractivity contribution in [1.82, 2.24) is 4.90 Å². The Kier molecular flexibility index (Phi) is 7.54. The van der Waals surface area contributed by atoms with E-state index in [1.165, 1.54) is 4.90 Å². The highest BCUT2D eigenvalue weighted by Crippen LogP contribution is 2.28. The number of hydrogen-bond acceptors (Lipinski definition) is 5. The summed E-state index contributed by atoms with van der Waals surface area (Å²) in [4.78, 5) is 28.3. The van der Waals surface area contributed by atoms with E-state index in [1.54, 1.807) is 31.3 Å². The molecular weight excluding hydrogens is 404 g/mol. The third kappa shape index (κ3) is 5.87. The second kappa shape index (κ2) is 10.3. The number of aliphatic hydroxyl groups is 1. The Morgan fingerprint density at radius 1 is 1.10 bits per heavy atom. The van der Waals surface area contributed by atoms with Crippen LogP contribution in [0, 0.1) is 0 Å². The van der Waals surface area contributed by atoms with E-state index in [9.17, 15) is 14.7 Å². The van der Waals surface area contributed by atoms with Crippen molar-refractivity contribution in [1.29, 1.82) is 0 Å². The highest BCUT2D eigenvalue weighted by Gasteiger charge is 2.20. The van der Waals surface area contributed by atoms with E-state index in [0.717, 1.165) is 37.3 Å². The number of likely N-dealkylation sites (N-methyl/N-ethyl adjacent to an activating group) is 1. The number of nitrogens with one attached hydrogen (secondary N) is 2. The molecule has 8 heteroatoms. The third-order valence-electron chi connectivity index (χ3n) is 5.09. The Hall–Kier alpha value is -2.77. The molecule has 7 nitrogen and oxygen atoms in total. The minimum atomic E-state index is -0.314. The zero-order chi connectivity index (χ0) is 21.5. The number of hydrogen-bond donors (Lipinski definition) is 3. The summed E-state index contributed by atoms with van der Waals surface area (Å²) in [6.07, 6.45) is 1.22. The van der Waals surface area contributed by atoms with Crippen LogP contribution in [0.4, 0.5) is 17.1 Å². The summed E-state index contributed by atoms with van der Waals surface area (Å²) in [7, 11) is 1.59. The first-order valence-electron chi connectivity index (χ1n) is 9.98. The van der Waals surface area contributed by atoms with Crippen molar-refractivity contribution in [3.8, 4) is 0 Å². The van der Waals surface area contributed by atoms with Gasteiger partial charge in [-0.2, -0.15) is 0 Å². The SMILES string of the molecule is CN(CC(=O)Nc1ccccc1Cl)C(=O)CNc1ccccc1N1CCC(O)CC1. The van der Waals surface area contributed by atoms with Gasteiger partial charge in [-0.3, -0.25) is 9.59 Å². The summed E-state index contributed by atoms with van der Waals surface area (Å²) in [6, 6.07) is 14.8. The quantitative estimate of drug-likeness (QED) is 0.629. The molecule has 1 aliphatic heterocycles. The largest absolute Gasteiger partial charge is 0.393 e. The van der Waals surface area contributed by atoms with Gasteiger partial charge in [0, 0.05) is 20.1 Å². The van der Waals surface area contributed by atoms with Crippen LogP contribution >= 0.6 is 11.6 Å². The van der Waals surface area contributed by atoms with Crippen molar-refractivity contribution >= 4 is 40.5 Å². The molecule has 0 aliphatic carbocycles. The van der Waals surface area contributed by atoms with Crippen LogP contribution in [0.1, 0.15) is 12.8 Å². The maximum Gasteiger partial charge on any atom is 0.244 e. The molecule has 3 N–H and O–H groups in total. The molecule has 2 aromatic rings. The highest BCUT2D eigenvalue weighted by atomic mass is 35.5. The lowest BCUT2D eigenvalue weighted by atomic mass is 10.1. The molecule has 0 atom stereocenters. The zero-order valence-electron chi connectivity index (χ0n) is 17.0. The third-order valence-corrected chi connectivity index (χ3v) is 5.42. The number of anilines is 3. The lowest BCUT2D eigenvalue weighted by Crippen LogP contribution is -2.38. The van der Waals surface area contributed by atoms with E-state index in [1.807, 2.05) is 24.3 Å². The van der Waals surface area contributed by atoms with E-state index in [0.29, 0.717) is 10.7 Å². The molecule has 2 aromatic carbocycles. The predicted molar refractivity (Wildman–Crippen MR) is 120 cm³/mol. The molecule has 0 aromatic heterocycles. The number of rotatable bonds is 7. The standard InChI is InChI=1S/C22H27ClN4O3/c1-26(15-21(29)25-18-7-3-2-6-17(18)23)22(30)14-24-19-8-4-5-9-20(19)27-12-10-16(28)11-13-27/h2-9,16,24,28H,10-15H2,1H3,(H,25,29). The zero-order valence-corrected chi connectivity index (χ0v) is 17.7. The maximum absolute atomic E-state index is 12.5. The fraction of sp³-hybridized carbons (Fsp3) is 0.364. The minimum Gasteiger partial charge on any atom is -0.393 e. The molecule has 1 heterocycles. The van der Waals surface area contributed by atoms with Crippen LogP contribution in [0.15, 0.2) is 48.5 Å². The summed E-state index contributed by atoms with van der Waals surface area (Å²) < 4.78 is 0. The number of nitrogens with zero attached hydrogens (tertiary/aromatic N) is 2. The number of aliphatic hydroxyl groups excluding tert-OH is 1. The molecular formula is C22H27ClN4O3. The Labute approximate surface area is 181 Å². The van der Waals surface area contributed by atoms with Gasteiger partial charge in [0.25, 0.3) is 0 Å². The molecule has 160 valence electrons. The summed E-state index contributed by atoms with van der Waals surface area (Å²) in [5, 5.41) is 16.1. The first-order valence-corrected chi connectivity index (χ1v) is 10.4. The van der Waals surface area contributed by atoms with Crippen molar-refractivity contribution in [2.24, 2.45) is 0 Å². The lowest BCUT2D eigenvalue weighted by molar-refractivity contribution is -0.131. The fourth-order valence-electron chi connectivity index (χ4n) is 3.37. The van der Waals surface area contributed by atoms with Gasteiger partial charge in [0.2, 0.25) is 11.8 Å². The van der Waals surface area contributed by atoms with Crippen LogP contribution in [0.25, 0.3) is 0 Å². The molecule has 2 amide bonds. The number of para-hydroxylation sites is 3. The summed E-state index contributed by atoms with van der Waals surface area (Å²) >= 11 is 6.05. The van der Waals surface area contributed by atoms with Gasteiger partial charge < -0.3 is 25.5 Å². The van der Waals surface area contributed by atoms with Crippen LogP contribution in [-0.2, 0) is 9.59 Å². The summed E-state index contributed by atoms with van der Waals surface area (Å²) in [5.74, 6) is -0.514.